The summed E-state index contributed by atoms with van der Waals surface area (Å²) in [6.45, 7) is -2.78. The van der Waals surface area contributed by atoms with Gasteiger partial charge in [-0.05, 0) is 56.3 Å². The van der Waals surface area contributed by atoms with Crippen LogP contribution < -0.4 is 9.47 Å². The fourth-order valence-electron chi connectivity index (χ4n) is 4.95. The molecule has 5 rings (SSSR count). The molecule has 1 saturated heterocycles. The van der Waals surface area contributed by atoms with Gasteiger partial charge in [0.15, 0.2) is 12.5 Å². The quantitative estimate of drug-likeness (QED) is 0.213. The van der Waals surface area contributed by atoms with Crippen molar-refractivity contribution in [1.82, 2.24) is 19.4 Å². The number of halogens is 5. The average molecular weight is 593 g/mol. The largest absolute Gasteiger partial charge is 0.478 e. The number of benzene rings is 2. The predicted molar refractivity (Wildman–Crippen MR) is 142 cm³/mol. The molecule has 4 aromatic rings. The van der Waals surface area contributed by atoms with E-state index < -0.39 is 30.9 Å². The molecule has 0 bridgehead atoms. The van der Waals surface area contributed by atoms with Crippen LogP contribution in [0.3, 0.4) is 0 Å². The van der Waals surface area contributed by atoms with Gasteiger partial charge < -0.3 is 14.6 Å². The second kappa shape index (κ2) is 12.3. The van der Waals surface area contributed by atoms with Crippen LogP contribution in [-0.2, 0) is 20.0 Å². The monoisotopic (exact) mass is 592 g/mol. The Kier molecular flexibility index (Phi) is 8.60. The molecule has 2 aromatic heterocycles. The second-order valence-corrected chi connectivity index (χ2v) is 10.0. The van der Waals surface area contributed by atoms with Crippen LogP contribution in [0.25, 0.3) is 11.0 Å². The number of nitrogens with zero attached hydrogens (tertiary/aromatic N) is 4. The van der Waals surface area contributed by atoms with Crippen molar-refractivity contribution < 1.29 is 36.9 Å². The van der Waals surface area contributed by atoms with Crippen LogP contribution in [0.2, 0.25) is 5.02 Å². The van der Waals surface area contributed by atoms with Gasteiger partial charge in [-0.25, -0.2) is 23.5 Å². The van der Waals surface area contributed by atoms with Crippen molar-refractivity contribution in [3.63, 3.8) is 0 Å². The van der Waals surface area contributed by atoms with Crippen LogP contribution in [0.15, 0.2) is 48.5 Å². The number of aromatic nitrogens is 3. The number of ether oxygens (including phenoxy) is 2. The van der Waals surface area contributed by atoms with Crippen molar-refractivity contribution >= 4 is 28.6 Å². The molecule has 0 radical (unpaired) electrons. The number of hydrogen-bond acceptors (Lipinski definition) is 6. The summed E-state index contributed by atoms with van der Waals surface area (Å²) in [5.41, 5.74) is 0.941. The Balaban J connectivity index is 1.26. The summed E-state index contributed by atoms with van der Waals surface area (Å²) in [5, 5.41) is 9.65. The number of fused-ring (bicyclic) bond motifs is 1. The van der Waals surface area contributed by atoms with Crippen molar-refractivity contribution in [2.24, 2.45) is 0 Å². The van der Waals surface area contributed by atoms with Crippen molar-refractivity contribution in [2.45, 2.75) is 45.3 Å². The number of carboxylic acid groups (broad SMARTS) is 1. The van der Waals surface area contributed by atoms with E-state index in [1.54, 1.807) is 18.2 Å². The van der Waals surface area contributed by atoms with Crippen LogP contribution in [-0.4, -0.2) is 50.2 Å². The highest BCUT2D eigenvalue weighted by Crippen LogP contribution is 2.33. The van der Waals surface area contributed by atoms with E-state index in [-0.39, 0.29) is 41.5 Å². The van der Waals surface area contributed by atoms with E-state index in [4.69, 9.17) is 16.3 Å². The summed E-state index contributed by atoms with van der Waals surface area (Å²) >= 11 is 5.80. The van der Waals surface area contributed by atoms with Crippen molar-refractivity contribution in [3.05, 3.63) is 82.0 Å². The van der Waals surface area contributed by atoms with E-state index >= 15 is 0 Å². The normalized spacial score (nSPS) is 14.6. The predicted octanol–water partition coefficient (Wildman–Crippen LogP) is 6.41. The standard InChI is InChI=1S/C28H25ClF4N4O4/c29-19-5-4-17(20(31)12-19)14-40-25-3-1-2-21(35-25)16-6-8-36(9-7-16)13-24-34-22-10-18(27(38)39)11-23(41-28(32)33)26(22)37(24)15-30/h1-5,10-12,16,28H,6-9,13-15H2,(H,38,39). The Morgan fingerprint density at radius 2 is 1.90 bits per heavy atom. The highest BCUT2D eigenvalue weighted by Gasteiger charge is 2.25. The van der Waals surface area contributed by atoms with E-state index in [1.807, 2.05) is 12.1 Å². The zero-order valence-electron chi connectivity index (χ0n) is 21.6. The molecular weight excluding hydrogens is 568 g/mol. The number of alkyl halides is 3. The maximum absolute atomic E-state index is 14.1. The van der Waals surface area contributed by atoms with Crippen LogP contribution in [0, 0.1) is 5.82 Å². The minimum absolute atomic E-state index is 0.00545. The van der Waals surface area contributed by atoms with Gasteiger partial charge >= 0.3 is 12.6 Å². The molecule has 1 aliphatic rings. The first-order valence-electron chi connectivity index (χ1n) is 12.7. The molecule has 0 amide bonds. The topological polar surface area (TPSA) is 89.7 Å². The minimum atomic E-state index is -3.22. The van der Waals surface area contributed by atoms with Gasteiger partial charge in [-0.15, -0.1) is 0 Å². The number of likely N-dealkylation sites (tertiary alicyclic amines) is 1. The number of aromatic carboxylic acids is 1. The lowest BCUT2D eigenvalue weighted by molar-refractivity contribution is -0.0491. The maximum atomic E-state index is 14.1. The first-order valence-corrected chi connectivity index (χ1v) is 13.1. The van der Waals surface area contributed by atoms with Gasteiger partial charge in [-0.3, -0.25) is 9.47 Å². The molecule has 0 atom stereocenters. The van der Waals surface area contributed by atoms with Gasteiger partial charge in [-0.1, -0.05) is 23.7 Å². The van der Waals surface area contributed by atoms with Gasteiger partial charge in [-0.2, -0.15) is 8.78 Å². The summed E-state index contributed by atoms with van der Waals surface area (Å²) in [6, 6.07) is 12.0. The van der Waals surface area contributed by atoms with E-state index in [0.717, 1.165) is 29.2 Å². The first kappa shape index (κ1) is 28.6. The van der Waals surface area contributed by atoms with Crippen LogP contribution >= 0.6 is 11.6 Å². The lowest BCUT2D eigenvalue weighted by Gasteiger charge is -2.31. The SMILES string of the molecule is O=C(O)c1cc(OC(F)F)c2c(c1)nc(CN1CCC(c3cccc(OCc4ccc(Cl)cc4F)n3)CC1)n2CF. The van der Waals surface area contributed by atoms with E-state index in [2.05, 4.69) is 19.6 Å². The third kappa shape index (κ3) is 6.54. The number of carbonyl (C=O) groups is 1. The first-order chi connectivity index (χ1) is 19.7. The molecule has 13 heteroatoms. The molecule has 0 spiro atoms. The van der Waals surface area contributed by atoms with Gasteiger partial charge in [0.25, 0.3) is 0 Å². The molecule has 2 aromatic carbocycles. The molecule has 8 nitrogen and oxygen atoms in total. The number of rotatable bonds is 10. The molecule has 41 heavy (non-hydrogen) atoms. The van der Waals surface area contributed by atoms with E-state index in [0.29, 0.717) is 29.6 Å². The highest BCUT2D eigenvalue weighted by molar-refractivity contribution is 6.30. The zero-order valence-corrected chi connectivity index (χ0v) is 22.3. The Hall–Kier alpha value is -3.90. The Morgan fingerprint density at radius 1 is 1.12 bits per heavy atom. The van der Waals surface area contributed by atoms with Crippen LogP contribution in [0.5, 0.6) is 11.6 Å². The molecular formula is C28H25ClF4N4O4. The molecule has 1 fully saturated rings. The summed E-state index contributed by atoms with van der Waals surface area (Å²) in [6.07, 6.45) is 1.47. The zero-order chi connectivity index (χ0) is 29.1. The summed E-state index contributed by atoms with van der Waals surface area (Å²) in [7, 11) is 0. The molecule has 0 saturated carbocycles. The van der Waals surface area contributed by atoms with Crippen molar-refractivity contribution in [3.8, 4) is 11.6 Å². The molecule has 0 unspecified atom stereocenters. The summed E-state index contributed by atoms with van der Waals surface area (Å²) in [4.78, 5) is 22.5. The van der Waals surface area contributed by atoms with Crippen LogP contribution in [0.4, 0.5) is 17.6 Å². The molecule has 0 aliphatic carbocycles. The van der Waals surface area contributed by atoms with E-state index in [9.17, 15) is 27.5 Å². The number of pyridine rings is 1. The number of piperidine rings is 1. The van der Waals surface area contributed by atoms with E-state index in [1.165, 1.54) is 12.1 Å². The Bertz CT molecular complexity index is 1560. The number of hydrogen-bond donors (Lipinski definition) is 1. The minimum Gasteiger partial charge on any atom is -0.478 e. The van der Waals surface area contributed by atoms with Gasteiger partial charge in [0, 0.05) is 28.3 Å². The van der Waals surface area contributed by atoms with Gasteiger partial charge in [0.2, 0.25) is 5.88 Å². The Labute approximate surface area is 237 Å². The fourth-order valence-corrected chi connectivity index (χ4v) is 5.11. The lowest BCUT2D eigenvalue weighted by Crippen LogP contribution is -2.33. The second-order valence-electron chi connectivity index (χ2n) is 9.58. The van der Waals surface area contributed by atoms with Gasteiger partial charge in [0.05, 0.1) is 17.6 Å². The van der Waals surface area contributed by atoms with Crippen molar-refractivity contribution in [2.75, 3.05) is 13.1 Å². The van der Waals surface area contributed by atoms with Crippen molar-refractivity contribution in [1.29, 1.82) is 0 Å². The lowest BCUT2D eigenvalue weighted by atomic mass is 9.93. The third-order valence-electron chi connectivity index (χ3n) is 6.97. The molecule has 216 valence electrons. The smallest absolute Gasteiger partial charge is 0.387 e. The fraction of sp³-hybridized carbons (Fsp3) is 0.321. The Morgan fingerprint density at radius 3 is 2.59 bits per heavy atom. The van der Waals surface area contributed by atoms with Gasteiger partial charge in [0.1, 0.15) is 23.8 Å². The summed E-state index contributed by atoms with van der Waals surface area (Å²) < 4.78 is 65.5. The highest BCUT2D eigenvalue weighted by atomic mass is 35.5. The number of imidazole rings is 1. The summed E-state index contributed by atoms with van der Waals surface area (Å²) in [5.74, 6) is -1.47. The molecule has 3 heterocycles. The van der Waals surface area contributed by atoms with Crippen LogP contribution in [0.1, 0.15) is 46.2 Å². The maximum Gasteiger partial charge on any atom is 0.387 e. The molecule has 1 N–H and O–H groups in total. The average Bonchev–Trinajstić information content (AvgIpc) is 3.30. The third-order valence-corrected chi connectivity index (χ3v) is 7.21. The number of carboxylic acids is 1. The molecule has 1 aliphatic heterocycles.